The minimum absolute atomic E-state index is 0.339. The molecule has 3 rings (SSSR count). The van der Waals surface area contributed by atoms with Gasteiger partial charge in [0, 0.05) is 16.5 Å². The fraction of sp³-hybridized carbons (Fsp3) is 0.167. The maximum atomic E-state index is 12.1. The van der Waals surface area contributed by atoms with E-state index in [1.165, 1.54) is 11.3 Å². The molecule has 0 radical (unpaired) electrons. The summed E-state index contributed by atoms with van der Waals surface area (Å²) in [5.41, 5.74) is 0.441. The number of ether oxygens (including phenoxy) is 1. The molecule has 3 aromatic rings. The molecule has 0 aliphatic carbocycles. The number of aryl methyl sites for hydroxylation is 1. The van der Waals surface area contributed by atoms with Gasteiger partial charge in [0.1, 0.15) is 10.8 Å². The molecule has 11 heteroatoms. The molecule has 152 valence electrons. The molecule has 0 unspecified atom stereocenters. The van der Waals surface area contributed by atoms with Crippen LogP contribution < -0.4 is 15.4 Å². The predicted molar refractivity (Wildman–Crippen MR) is 119 cm³/mol. The van der Waals surface area contributed by atoms with E-state index >= 15 is 0 Å². The summed E-state index contributed by atoms with van der Waals surface area (Å²) in [5.74, 6) is 0.577. The molecule has 0 spiro atoms. The van der Waals surface area contributed by atoms with Crippen LogP contribution in [0.1, 0.15) is 11.4 Å². The first kappa shape index (κ1) is 21.9. The molecule has 0 saturated heterocycles. The minimum Gasteiger partial charge on any atom is -0.492 e. The highest BCUT2D eigenvalue weighted by Gasteiger charge is 2.10. The van der Waals surface area contributed by atoms with E-state index in [9.17, 15) is 4.79 Å². The van der Waals surface area contributed by atoms with Crippen LogP contribution in [0.3, 0.4) is 0 Å². The van der Waals surface area contributed by atoms with Gasteiger partial charge in [0.25, 0.3) is 0 Å². The first-order valence-corrected chi connectivity index (χ1v) is 10.7. The molecule has 1 aromatic heterocycles. The Bertz CT molecular complexity index is 1020. The van der Waals surface area contributed by atoms with Crippen molar-refractivity contribution in [1.82, 2.24) is 10.2 Å². The lowest BCUT2D eigenvalue weighted by Crippen LogP contribution is -2.19. The van der Waals surface area contributed by atoms with Crippen LogP contribution >= 0.6 is 57.7 Å². The second-order valence-electron chi connectivity index (χ2n) is 5.73. The minimum atomic E-state index is -0.474. The van der Waals surface area contributed by atoms with Crippen molar-refractivity contribution in [3.63, 3.8) is 0 Å². The van der Waals surface area contributed by atoms with Crippen molar-refractivity contribution in [2.75, 3.05) is 17.2 Å². The fourth-order valence-electron chi connectivity index (χ4n) is 2.24. The summed E-state index contributed by atoms with van der Waals surface area (Å²) >= 11 is 25.1. The Morgan fingerprint density at radius 2 is 1.69 bits per heavy atom. The summed E-state index contributed by atoms with van der Waals surface area (Å²) < 4.78 is 5.64. The van der Waals surface area contributed by atoms with Gasteiger partial charge in [0.15, 0.2) is 0 Å². The number of hydrogen-bond acceptors (Lipinski definition) is 5. The van der Waals surface area contributed by atoms with Crippen LogP contribution in [0.4, 0.5) is 15.6 Å². The number of halogens is 4. The summed E-state index contributed by atoms with van der Waals surface area (Å²) in [6.07, 6.45) is 1.36. The average molecular weight is 492 g/mol. The highest BCUT2D eigenvalue weighted by molar-refractivity contribution is 7.15. The molecule has 2 amide bonds. The Kier molecular flexibility index (Phi) is 7.80. The lowest BCUT2D eigenvalue weighted by Gasteiger charge is -2.07. The van der Waals surface area contributed by atoms with Gasteiger partial charge in [-0.15, -0.1) is 10.2 Å². The predicted octanol–water partition coefficient (Wildman–Crippen LogP) is 6.81. The third kappa shape index (κ3) is 6.62. The number of carbonyl (C=O) groups is 1. The van der Waals surface area contributed by atoms with Crippen molar-refractivity contribution in [2.45, 2.75) is 12.8 Å². The van der Waals surface area contributed by atoms with E-state index < -0.39 is 6.03 Å². The Hall–Kier alpha value is -1.77. The highest BCUT2D eigenvalue weighted by atomic mass is 35.5. The molecular formula is C18H14Cl4N4O2S. The Balaban J connectivity index is 1.44. The van der Waals surface area contributed by atoms with Gasteiger partial charge in [-0.1, -0.05) is 57.7 Å². The number of nitrogens with zero attached hydrogens (tertiary/aromatic N) is 2. The third-order valence-corrected chi connectivity index (χ3v) is 5.53. The van der Waals surface area contributed by atoms with Crippen LogP contribution in [-0.2, 0) is 6.42 Å². The van der Waals surface area contributed by atoms with Crippen molar-refractivity contribution in [1.29, 1.82) is 0 Å². The van der Waals surface area contributed by atoms with Crippen LogP contribution in [-0.4, -0.2) is 22.8 Å². The van der Waals surface area contributed by atoms with Crippen molar-refractivity contribution >= 4 is 74.6 Å². The molecule has 6 nitrogen and oxygen atoms in total. The summed E-state index contributed by atoms with van der Waals surface area (Å²) in [6, 6.07) is 9.38. The number of benzene rings is 2. The molecular weight excluding hydrogens is 478 g/mol. The normalized spacial score (nSPS) is 10.6. The van der Waals surface area contributed by atoms with E-state index in [4.69, 9.17) is 51.1 Å². The molecule has 0 aliphatic rings. The van der Waals surface area contributed by atoms with Crippen molar-refractivity contribution in [3.05, 3.63) is 61.5 Å². The Morgan fingerprint density at radius 3 is 2.41 bits per heavy atom. The summed E-state index contributed by atoms with van der Waals surface area (Å²) in [6.45, 7) is 0.458. The van der Waals surface area contributed by atoms with Crippen molar-refractivity contribution in [2.24, 2.45) is 0 Å². The smallest absolute Gasteiger partial charge is 0.325 e. The zero-order valence-electron chi connectivity index (χ0n) is 14.7. The van der Waals surface area contributed by atoms with Gasteiger partial charge in [-0.25, -0.2) is 4.79 Å². The fourth-order valence-corrected chi connectivity index (χ4v) is 3.94. The first-order chi connectivity index (χ1) is 13.9. The lowest BCUT2D eigenvalue weighted by atomic mass is 10.3. The van der Waals surface area contributed by atoms with E-state index in [0.29, 0.717) is 56.1 Å². The number of nitrogens with one attached hydrogen (secondary N) is 2. The number of hydrogen-bond donors (Lipinski definition) is 2. The van der Waals surface area contributed by atoms with E-state index in [0.717, 1.165) is 5.01 Å². The Labute approximate surface area is 191 Å². The Morgan fingerprint density at radius 1 is 0.966 bits per heavy atom. The lowest BCUT2D eigenvalue weighted by molar-refractivity contribution is 0.262. The number of urea groups is 1. The van der Waals surface area contributed by atoms with Crippen LogP contribution in [0, 0.1) is 0 Å². The maximum Gasteiger partial charge on any atom is 0.325 e. The summed E-state index contributed by atoms with van der Waals surface area (Å²) in [4.78, 5) is 12.1. The number of aromatic nitrogens is 2. The van der Waals surface area contributed by atoms with E-state index in [-0.39, 0.29) is 0 Å². The molecule has 29 heavy (non-hydrogen) atoms. The summed E-state index contributed by atoms with van der Waals surface area (Å²) in [5, 5.41) is 16.3. The molecule has 0 saturated carbocycles. The molecule has 0 fully saturated rings. The molecule has 2 aromatic carbocycles. The number of rotatable bonds is 7. The van der Waals surface area contributed by atoms with Gasteiger partial charge in [-0.05, 0) is 42.8 Å². The van der Waals surface area contributed by atoms with Crippen LogP contribution in [0.25, 0.3) is 0 Å². The van der Waals surface area contributed by atoms with Crippen molar-refractivity contribution < 1.29 is 9.53 Å². The average Bonchev–Trinajstić information content (AvgIpc) is 3.09. The standard InChI is InChI=1S/C18H14Cl4N4O2S/c19-10-3-5-14(12(21)8-10)23-17(27)24-18-26-25-16(29-18)2-1-7-28-15-6-4-11(20)9-13(15)22/h3-6,8-9H,1-2,7H2,(H2,23,24,26,27). The maximum absolute atomic E-state index is 12.1. The SMILES string of the molecule is O=C(Nc1nnc(CCCOc2ccc(Cl)cc2Cl)s1)Nc1ccc(Cl)cc1Cl. The monoisotopic (exact) mass is 490 g/mol. The van der Waals surface area contributed by atoms with Crippen LogP contribution in [0.2, 0.25) is 20.1 Å². The van der Waals surface area contributed by atoms with Gasteiger partial charge < -0.3 is 10.1 Å². The molecule has 0 bridgehead atoms. The van der Waals surface area contributed by atoms with Crippen LogP contribution in [0.5, 0.6) is 5.75 Å². The first-order valence-electron chi connectivity index (χ1n) is 8.34. The van der Waals surface area contributed by atoms with Gasteiger partial charge in [0.2, 0.25) is 5.13 Å². The molecule has 2 N–H and O–H groups in total. The largest absolute Gasteiger partial charge is 0.492 e. The van der Waals surface area contributed by atoms with Gasteiger partial charge >= 0.3 is 6.03 Å². The quantitative estimate of drug-likeness (QED) is 0.356. The van der Waals surface area contributed by atoms with Crippen LogP contribution in [0.15, 0.2) is 36.4 Å². The summed E-state index contributed by atoms with van der Waals surface area (Å²) in [7, 11) is 0. The number of amides is 2. The highest BCUT2D eigenvalue weighted by Crippen LogP contribution is 2.28. The topological polar surface area (TPSA) is 76.1 Å². The van der Waals surface area contributed by atoms with Gasteiger partial charge in [0.05, 0.1) is 22.3 Å². The second kappa shape index (κ2) is 10.3. The third-order valence-electron chi connectivity index (χ3n) is 3.55. The molecule has 0 aliphatic heterocycles. The number of carbonyl (C=O) groups excluding carboxylic acids is 1. The van der Waals surface area contributed by atoms with Crippen molar-refractivity contribution in [3.8, 4) is 5.75 Å². The zero-order chi connectivity index (χ0) is 20.8. The van der Waals surface area contributed by atoms with Gasteiger partial charge in [-0.2, -0.15) is 0 Å². The van der Waals surface area contributed by atoms with Gasteiger partial charge in [-0.3, -0.25) is 5.32 Å². The van der Waals surface area contributed by atoms with E-state index in [1.807, 2.05) is 0 Å². The molecule has 1 heterocycles. The zero-order valence-corrected chi connectivity index (χ0v) is 18.6. The van der Waals surface area contributed by atoms with E-state index in [2.05, 4.69) is 20.8 Å². The number of anilines is 2. The molecule has 0 atom stereocenters. The van der Waals surface area contributed by atoms with E-state index in [1.54, 1.807) is 36.4 Å². The second-order valence-corrected chi connectivity index (χ2v) is 8.48.